The van der Waals surface area contributed by atoms with Gasteiger partial charge in [-0.2, -0.15) is 0 Å². The van der Waals surface area contributed by atoms with Crippen molar-refractivity contribution in [1.82, 2.24) is 0 Å². The Morgan fingerprint density at radius 3 is 2.44 bits per heavy atom. The second-order valence-electron chi connectivity index (χ2n) is 6.46. The largest absolute Gasteiger partial charge is 0.325 e. The van der Waals surface area contributed by atoms with Crippen molar-refractivity contribution >= 4 is 29.1 Å². The Labute approximate surface area is 153 Å². The molecule has 0 aliphatic heterocycles. The summed E-state index contributed by atoms with van der Waals surface area (Å²) >= 11 is 1.76. The number of amides is 1. The number of rotatable bonds is 6. The molecule has 1 amide bonds. The van der Waals surface area contributed by atoms with Gasteiger partial charge in [-0.15, -0.1) is 11.8 Å². The summed E-state index contributed by atoms with van der Waals surface area (Å²) in [6.45, 7) is 1.53. The summed E-state index contributed by atoms with van der Waals surface area (Å²) in [6.07, 6.45) is 4.87. The van der Waals surface area contributed by atoms with Crippen molar-refractivity contribution in [2.24, 2.45) is 0 Å². The van der Waals surface area contributed by atoms with Gasteiger partial charge in [0.05, 0.1) is 0 Å². The van der Waals surface area contributed by atoms with Crippen LogP contribution in [0.2, 0.25) is 0 Å². The molecule has 3 nitrogen and oxygen atoms in total. The summed E-state index contributed by atoms with van der Waals surface area (Å²) in [5.41, 5.74) is 2.31. The Kier molecular flexibility index (Phi) is 5.92. The van der Waals surface area contributed by atoms with Gasteiger partial charge in [-0.25, -0.2) is 0 Å². The zero-order valence-electron chi connectivity index (χ0n) is 14.4. The molecular formula is C21H23NO2S. The Hall–Kier alpha value is -2.07. The van der Waals surface area contributed by atoms with E-state index < -0.39 is 0 Å². The summed E-state index contributed by atoms with van der Waals surface area (Å²) in [5, 5.41) is 3.31. The van der Waals surface area contributed by atoms with Crippen molar-refractivity contribution in [1.29, 1.82) is 0 Å². The number of carbonyl (C=O) groups is 2. The number of nitrogens with one attached hydrogen (secondary N) is 1. The lowest BCUT2D eigenvalue weighted by atomic mass is 10.1. The highest BCUT2D eigenvalue weighted by atomic mass is 32.2. The van der Waals surface area contributed by atoms with Crippen LogP contribution >= 0.6 is 11.8 Å². The fourth-order valence-electron chi connectivity index (χ4n) is 3.16. The van der Waals surface area contributed by atoms with E-state index in [4.69, 9.17) is 0 Å². The third-order valence-corrected chi connectivity index (χ3v) is 6.12. The summed E-state index contributed by atoms with van der Waals surface area (Å²) in [5.74, 6) is -0.0279. The minimum atomic E-state index is -0.231. The number of benzene rings is 2. The summed E-state index contributed by atoms with van der Waals surface area (Å²) in [6, 6.07) is 17.1. The molecule has 1 saturated carbocycles. The summed E-state index contributed by atoms with van der Waals surface area (Å²) in [7, 11) is 0. The maximum Gasteiger partial charge on any atom is 0.242 e. The molecule has 1 aliphatic carbocycles. The second-order valence-corrected chi connectivity index (χ2v) is 7.87. The molecule has 0 bridgehead atoms. The van der Waals surface area contributed by atoms with Gasteiger partial charge in [-0.3, -0.25) is 9.59 Å². The molecule has 2 aromatic carbocycles. The molecule has 0 spiro atoms. The molecule has 1 atom stereocenters. The van der Waals surface area contributed by atoms with Crippen LogP contribution in [0.15, 0.2) is 54.6 Å². The standard InChI is InChI=1S/C21H23NO2S/c1-15(23)17-10-7-11-18(14-17)22-21(24)20(16-8-3-2-4-9-16)25-19-12-5-6-13-19/h2-4,7-11,14,19-20H,5-6,12-13H2,1H3,(H,22,24)/t20-/m0/s1. The first-order valence-electron chi connectivity index (χ1n) is 8.76. The maximum absolute atomic E-state index is 13.0. The van der Waals surface area contributed by atoms with Gasteiger partial charge in [-0.05, 0) is 37.5 Å². The van der Waals surface area contributed by atoms with Gasteiger partial charge in [0.25, 0.3) is 0 Å². The fraction of sp³-hybridized carbons (Fsp3) is 0.333. The number of carbonyl (C=O) groups excluding carboxylic acids is 2. The van der Waals surface area contributed by atoms with E-state index >= 15 is 0 Å². The monoisotopic (exact) mass is 353 g/mol. The van der Waals surface area contributed by atoms with E-state index in [1.807, 2.05) is 36.4 Å². The predicted molar refractivity (Wildman–Crippen MR) is 104 cm³/mol. The van der Waals surface area contributed by atoms with Crippen LogP contribution in [0.4, 0.5) is 5.69 Å². The molecule has 0 radical (unpaired) electrons. The molecule has 0 saturated heterocycles. The minimum absolute atomic E-state index is 0.00367. The van der Waals surface area contributed by atoms with Crippen LogP contribution in [0, 0.1) is 0 Å². The smallest absolute Gasteiger partial charge is 0.242 e. The van der Waals surface area contributed by atoms with Crippen LogP contribution in [0.5, 0.6) is 0 Å². The van der Waals surface area contributed by atoms with E-state index in [1.54, 1.807) is 30.0 Å². The van der Waals surface area contributed by atoms with Crippen molar-refractivity contribution < 1.29 is 9.59 Å². The molecule has 25 heavy (non-hydrogen) atoms. The first kappa shape index (κ1) is 17.7. The first-order chi connectivity index (χ1) is 12.1. The van der Waals surface area contributed by atoms with Gasteiger partial charge in [0.2, 0.25) is 5.91 Å². The Bertz CT molecular complexity index is 739. The molecule has 130 valence electrons. The van der Waals surface area contributed by atoms with Crippen molar-refractivity contribution in [3.63, 3.8) is 0 Å². The molecule has 0 heterocycles. The van der Waals surface area contributed by atoms with Crippen LogP contribution in [-0.4, -0.2) is 16.9 Å². The number of thioether (sulfide) groups is 1. The Balaban J connectivity index is 1.78. The van der Waals surface area contributed by atoms with Crippen LogP contribution in [0.3, 0.4) is 0 Å². The average Bonchev–Trinajstić information content (AvgIpc) is 3.14. The lowest BCUT2D eigenvalue weighted by Gasteiger charge is -2.20. The zero-order valence-corrected chi connectivity index (χ0v) is 15.2. The van der Waals surface area contributed by atoms with Gasteiger partial charge < -0.3 is 5.32 Å². The Morgan fingerprint density at radius 1 is 1.04 bits per heavy atom. The number of anilines is 1. The molecule has 3 rings (SSSR count). The summed E-state index contributed by atoms with van der Waals surface area (Å²) < 4.78 is 0. The number of hydrogen-bond donors (Lipinski definition) is 1. The van der Waals surface area contributed by atoms with Gasteiger partial charge in [0.1, 0.15) is 5.25 Å². The molecule has 4 heteroatoms. The number of ketones is 1. The SMILES string of the molecule is CC(=O)c1cccc(NC(=O)[C@@H](SC2CCCC2)c2ccccc2)c1. The lowest BCUT2D eigenvalue weighted by Crippen LogP contribution is -2.21. The van der Waals surface area contributed by atoms with Gasteiger partial charge in [0.15, 0.2) is 5.78 Å². The second kappa shape index (κ2) is 8.34. The van der Waals surface area contributed by atoms with Crippen LogP contribution < -0.4 is 5.32 Å². The number of hydrogen-bond acceptors (Lipinski definition) is 3. The van der Waals surface area contributed by atoms with E-state index in [9.17, 15) is 9.59 Å². The van der Waals surface area contributed by atoms with Crippen molar-refractivity contribution in [3.8, 4) is 0 Å². The van der Waals surface area contributed by atoms with E-state index in [1.165, 1.54) is 32.6 Å². The lowest BCUT2D eigenvalue weighted by molar-refractivity contribution is -0.115. The molecule has 0 unspecified atom stereocenters. The van der Waals surface area contributed by atoms with Crippen LogP contribution in [-0.2, 0) is 4.79 Å². The zero-order chi connectivity index (χ0) is 17.6. The van der Waals surface area contributed by atoms with Crippen molar-refractivity contribution in [2.75, 3.05) is 5.32 Å². The van der Waals surface area contributed by atoms with Gasteiger partial charge >= 0.3 is 0 Å². The fourth-order valence-corrected chi connectivity index (χ4v) is 4.65. The Morgan fingerprint density at radius 2 is 1.76 bits per heavy atom. The first-order valence-corrected chi connectivity index (χ1v) is 9.70. The van der Waals surface area contributed by atoms with Crippen molar-refractivity contribution in [3.05, 3.63) is 65.7 Å². The minimum Gasteiger partial charge on any atom is -0.325 e. The van der Waals surface area contributed by atoms with E-state index in [2.05, 4.69) is 5.32 Å². The molecule has 1 aliphatic rings. The molecule has 2 aromatic rings. The normalized spacial score (nSPS) is 15.7. The molecular weight excluding hydrogens is 330 g/mol. The third kappa shape index (κ3) is 4.73. The highest BCUT2D eigenvalue weighted by molar-refractivity contribution is 8.00. The van der Waals surface area contributed by atoms with Crippen LogP contribution in [0.25, 0.3) is 0 Å². The predicted octanol–water partition coefficient (Wildman–Crippen LogP) is 5.24. The van der Waals surface area contributed by atoms with Crippen molar-refractivity contribution in [2.45, 2.75) is 43.1 Å². The average molecular weight is 353 g/mol. The topological polar surface area (TPSA) is 46.2 Å². The molecule has 0 aromatic heterocycles. The third-order valence-electron chi connectivity index (χ3n) is 4.51. The molecule has 1 N–H and O–H groups in total. The van der Waals surface area contributed by atoms with Gasteiger partial charge in [0, 0.05) is 16.5 Å². The number of Topliss-reactive ketones (excluding diaryl/α,β-unsaturated/α-hetero) is 1. The summed E-state index contributed by atoms with van der Waals surface area (Å²) in [4.78, 5) is 24.5. The van der Waals surface area contributed by atoms with E-state index in [0.29, 0.717) is 16.5 Å². The van der Waals surface area contributed by atoms with Gasteiger partial charge in [-0.1, -0.05) is 55.3 Å². The highest BCUT2D eigenvalue weighted by Gasteiger charge is 2.27. The molecule has 1 fully saturated rings. The van der Waals surface area contributed by atoms with E-state index in [-0.39, 0.29) is 16.9 Å². The van der Waals surface area contributed by atoms with E-state index in [0.717, 1.165) is 5.56 Å². The highest BCUT2D eigenvalue weighted by Crippen LogP contribution is 2.40. The maximum atomic E-state index is 13.0. The van der Waals surface area contributed by atoms with Crippen LogP contribution in [0.1, 0.15) is 53.8 Å². The quantitative estimate of drug-likeness (QED) is 0.722.